The molecule has 32 heavy (non-hydrogen) atoms. The van der Waals surface area contributed by atoms with Crippen LogP contribution in [-0.2, 0) is 27.2 Å². The lowest BCUT2D eigenvalue weighted by molar-refractivity contribution is -0.0608. The largest absolute Gasteiger partial charge is 0.445 e. The van der Waals surface area contributed by atoms with Crippen molar-refractivity contribution < 1.29 is 19.0 Å². The molecular weight excluding hydrogens is 402 g/mol. The Kier molecular flexibility index (Phi) is 7.20. The molecule has 1 heterocycles. The number of carbonyl (C=O) groups excluding carboxylic acids is 1. The first-order valence-corrected chi connectivity index (χ1v) is 11.0. The number of rotatable bonds is 7. The predicted octanol–water partition coefficient (Wildman–Crippen LogP) is 5.39. The van der Waals surface area contributed by atoms with Gasteiger partial charge in [-0.3, -0.25) is 0 Å². The van der Waals surface area contributed by atoms with Gasteiger partial charge in [0.25, 0.3) is 0 Å². The van der Waals surface area contributed by atoms with Crippen LogP contribution < -0.4 is 5.32 Å². The fourth-order valence-electron chi connectivity index (χ4n) is 3.88. The minimum Gasteiger partial charge on any atom is -0.445 e. The third kappa shape index (κ3) is 5.55. The lowest BCUT2D eigenvalue weighted by atomic mass is 9.93. The number of benzene rings is 3. The van der Waals surface area contributed by atoms with E-state index in [9.17, 15) is 4.79 Å². The van der Waals surface area contributed by atoms with E-state index in [0.29, 0.717) is 6.42 Å². The Balaban J connectivity index is 1.54. The molecule has 3 atom stereocenters. The van der Waals surface area contributed by atoms with Crippen LogP contribution in [-0.4, -0.2) is 24.6 Å². The first kappa shape index (κ1) is 22.1. The maximum absolute atomic E-state index is 12.7. The topological polar surface area (TPSA) is 56.8 Å². The lowest BCUT2D eigenvalue weighted by Crippen LogP contribution is -2.31. The summed E-state index contributed by atoms with van der Waals surface area (Å²) in [6.07, 6.45) is -0.0448. The van der Waals surface area contributed by atoms with Gasteiger partial charge in [-0.25, -0.2) is 4.79 Å². The van der Waals surface area contributed by atoms with Crippen LogP contribution in [0, 0.1) is 0 Å². The van der Waals surface area contributed by atoms with E-state index in [1.54, 1.807) is 0 Å². The average molecular weight is 432 g/mol. The first-order chi connectivity index (χ1) is 15.6. The molecule has 3 aromatic rings. The third-order valence-electron chi connectivity index (χ3n) is 5.75. The van der Waals surface area contributed by atoms with Crippen LogP contribution in [0.1, 0.15) is 42.1 Å². The van der Waals surface area contributed by atoms with E-state index in [-0.39, 0.29) is 31.1 Å². The minimum absolute atomic E-state index is 0.0585. The number of alkyl carbamates (subject to hydrolysis) is 1. The molecule has 1 saturated heterocycles. The van der Waals surface area contributed by atoms with Crippen molar-refractivity contribution in [3.63, 3.8) is 0 Å². The van der Waals surface area contributed by atoms with Crippen molar-refractivity contribution in [3.8, 4) is 0 Å². The third-order valence-corrected chi connectivity index (χ3v) is 5.75. The number of hydrogen-bond acceptors (Lipinski definition) is 4. The van der Waals surface area contributed by atoms with Gasteiger partial charge >= 0.3 is 6.09 Å². The summed E-state index contributed by atoms with van der Waals surface area (Å²) in [6, 6.07) is 27.3. The van der Waals surface area contributed by atoms with Crippen molar-refractivity contribution in [1.82, 2.24) is 5.32 Å². The van der Waals surface area contributed by atoms with Crippen LogP contribution in [0.4, 0.5) is 4.79 Å². The van der Waals surface area contributed by atoms with Gasteiger partial charge in [0.05, 0.1) is 18.2 Å². The van der Waals surface area contributed by atoms with Crippen LogP contribution in [0.3, 0.4) is 0 Å². The summed E-state index contributed by atoms with van der Waals surface area (Å²) in [7, 11) is 0. The smallest absolute Gasteiger partial charge is 0.408 e. The molecule has 166 valence electrons. The van der Waals surface area contributed by atoms with Gasteiger partial charge in [-0.15, -0.1) is 0 Å². The highest BCUT2D eigenvalue weighted by Crippen LogP contribution is 2.29. The maximum Gasteiger partial charge on any atom is 0.408 e. The van der Waals surface area contributed by atoms with Crippen LogP contribution in [0.5, 0.6) is 0 Å². The Morgan fingerprint density at radius 1 is 0.875 bits per heavy atom. The van der Waals surface area contributed by atoms with E-state index in [2.05, 4.69) is 11.4 Å². The lowest BCUT2D eigenvalue weighted by Gasteiger charge is -2.23. The minimum atomic E-state index is -0.465. The zero-order chi connectivity index (χ0) is 22.3. The highest BCUT2D eigenvalue weighted by molar-refractivity contribution is 5.69. The van der Waals surface area contributed by atoms with Crippen LogP contribution in [0.2, 0.25) is 0 Å². The van der Waals surface area contributed by atoms with Gasteiger partial charge in [-0.1, -0.05) is 84.9 Å². The summed E-state index contributed by atoms with van der Waals surface area (Å²) < 4.78 is 17.4. The molecule has 0 unspecified atom stereocenters. The number of hydrogen-bond donors (Lipinski definition) is 1. The zero-order valence-electron chi connectivity index (χ0n) is 18.4. The molecule has 5 nitrogen and oxygen atoms in total. The molecule has 1 amide bonds. The molecule has 5 heteroatoms. The van der Waals surface area contributed by atoms with Gasteiger partial charge in [0, 0.05) is 6.42 Å². The van der Waals surface area contributed by atoms with Crippen molar-refractivity contribution in [2.75, 3.05) is 0 Å². The van der Waals surface area contributed by atoms with Crippen LogP contribution in [0.15, 0.2) is 84.9 Å². The highest BCUT2D eigenvalue weighted by atomic mass is 16.7. The van der Waals surface area contributed by atoms with E-state index in [0.717, 1.165) is 22.3 Å². The summed E-state index contributed by atoms with van der Waals surface area (Å²) in [5.74, 6) is 0. The monoisotopic (exact) mass is 431 g/mol. The second-order valence-electron chi connectivity index (χ2n) is 8.06. The maximum atomic E-state index is 12.7. The Labute approximate surface area is 189 Å². The van der Waals surface area contributed by atoms with Crippen molar-refractivity contribution in [1.29, 1.82) is 0 Å². The van der Waals surface area contributed by atoms with Gasteiger partial charge in [-0.05, 0) is 36.1 Å². The molecule has 0 saturated carbocycles. The van der Waals surface area contributed by atoms with Crippen molar-refractivity contribution in [3.05, 3.63) is 107 Å². The fraction of sp³-hybridized carbons (Fsp3) is 0.296. The van der Waals surface area contributed by atoms with Gasteiger partial charge < -0.3 is 19.5 Å². The quantitative estimate of drug-likeness (QED) is 0.545. The molecule has 3 aromatic carbocycles. The molecule has 1 N–H and O–H groups in total. The van der Waals surface area contributed by atoms with Gasteiger partial charge in [0.1, 0.15) is 6.61 Å². The normalized spacial score (nSPS) is 19.4. The second kappa shape index (κ2) is 10.4. The molecule has 0 aliphatic carbocycles. The molecule has 1 aliphatic rings. The van der Waals surface area contributed by atoms with Crippen LogP contribution in [0.25, 0.3) is 0 Å². The zero-order valence-corrected chi connectivity index (χ0v) is 18.4. The Bertz CT molecular complexity index is 998. The molecule has 0 spiro atoms. The number of carbonyl (C=O) groups is 1. The summed E-state index contributed by atoms with van der Waals surface area (Å²) in [4.78, 5) is 12.7. The molecular formula is C27H29NO4. The van der Waals surface area contributed by atoms with Crippen LogP contribution >= 0.6 is 0 Å². The van der Waals surface area contributed by atoms with E-state index in [1.807, 2.05) is 92.7 Å². The summed E-state index contributed by atoms with van der Waals surface area (Å²) in [5, 5.41) is 3.06. The van der Waals surface area contributed by atoms with Gasteiger partial charge in [0.2, 0.25) is 0 Å². The molecule has 0 aromatic heterocycles. The number of ether oxygens (including phenoxy) is 3. The standard InChI is InChI=1S/C27H29NO4/c1-19-20(2)32-25(31-19)17-23-15-9-10-16-24(23)26(22-13-7-4-8-14-22)28-27(29)30-18-21-11-5-3-6-12-21/h3-16,19-20,25-26H,17-18H2,1-2H3,(H,28,29)/t19-,20-,26+/m1/s1. The highest BCUT2D eigenvalue weighted by Gasteiger charge is 2.31. The van der Waals surface area contributed by atoms with E-state index < -0.39 is 6.09 Å². The summed E-state index contributed by atoms with van der Waals surface area (Å²) in [6.45, 7) is 4.26. The Morgan fingerprint density at radius 2 is 1.47 bits per heavy atom. The van der Waals surface area contributed by atoms with Gasteiger partial charge in [-0.2, -0.15) is 0 Å². The Morgan fingerprint density at radius 3 is 2.16 bits per heavy atom. The molecule has 4 rings (SSSR count). The summed E-state index contributed by atoms with van der Waals surface area (Å²) in [5.41, 5.74) is 3.98. The number of amides is 1. The summed E-state index contributed by atoms with van der Waals surface area (Å²) >= 11 is 0. The first-order valence-electron chi connectivity index (χ1n) is 11.0. The molecule has 0 bridgehead atoms. The Hall–Kier alpha value is -3.15. The van der Waals surface area contributed by atoms with Crippen molar-refractivity contribution in [2.45, 2.75) is 51.4 Å². The second-order valence-corrected chi connectivity index (χ2v) is 8.06. The molecule has 1 fully saturated rings. The average Bonchev–Trinajstić information content (AvgIpc) is 3.14. The van der Waals surface area contributed by atoms with E-state index >= 15 is 0 Å². The fourth-order valence-corrected chi connectivity index (χ4v) is 3.88. The number of nitrogens with one attached hydrogen (secondary N) is 1. The van der Waals surface area contributed by atoms with E-state index in [4.69, 9.17) is 14.2 Å². The van der Waals surface area contributed by atoms with Gasteiger partial charge in [0.15, 0.2) is 6.29 Å². The molecule has 0 radical (unpaired) electrons. The van der Waals surface area contributed by atoms with E-state index in [1.165, 1.54) is 0 Å². The predicted molar refractivity (Wildman–Crippen MR) is 123 cm³/mol. The van der Waals surface area contributed by atoms with Crippen molar-refractivity contribution in [2.24, 2.45) is 0 Å². The SMILES string of the molecule is C[C@H]1OC(Cc2ccccc2[C@@H](NC(=O)OCc2ccccc2)c2ccccc2)O[C@@H]1C. The van der Waals surface area contributed by atoms with Crippen molar-refractivity contribution >= 4 is 6.09 Å². The molecule has 1 aliphatic heterocycles.